The predicted molar refractivity (Wildman–Crippen MR) is 108 cm³/mol. The molecule has 3 aromatic heterocycles. The molecular formula is C19H20FN5O3S. The number of hydrogen-bond donors (Lipinski definition) is 1. The lowest BCUT2D eigenvalue weighted by Crippen LogP contribution is -2.29. The van der Waals surface area contributed by atoms with Crippen LogP contribution in [0.5, 0.6) is 0 Å². The van der Waals surface area contributed by atoms with E-state index in [1.807, 2.05) is 6.92 Å². The van der Waals surface area contributed by atoms with Crippen molar-refractivity contribution in [1.82, 2.24) is 14.5 Å². The average molecular weight is 417 g/mol. The second kappa shape index (κ2) is 7.53. The number of nitrogens with zero attached hydrogens (tertiary/aromatic N) is 4. The first-order chi connectivity index (χ1) is 13.9. The maximum absolute atomic E-state index is 14.9. The van der Waals surface area contributed by atoms with E-state index in [1.54, 1.807) is 23.4 Å². The van der Waals surface area contributed by atoms with Crippen molar-refractivity contribution in [2.75, 3.05) is 24.6 Å². The molecular weight excluding hydrogens is 397 g/mol. The van der Waals surface area contributed by atoms with E-state index in [4.69, 9.17) is 10.5 Å². The zero-order chi connectivity index (χ0) is 20.7. The molecule has 0 unspecified atom stereocenters. The molecule has 0 aliphatic carbocycles. The van der Waals surface area contributed by atoms with Gasteiger partial charge in [-0.05, 0) is 18.9 Å². The molecule has 3 aromatic rings. The maximum Gasteiger partial charge on any atom is 0.343 e. The van der Waals surface area contributed by atoms with Crippen molar-refractivity contribution >= 4 is 34.2 Å². The van der Waals surface area contributed by atoms with Crippen molar-refractivity contribution in [3.05, 3.63) is 45.4 Å². The van der Waals surface area contributed by atoms with Gasteiger partial charge in [-0.3, -0.25) is 9.36 Å². The Morgan fingerprint density at radius 1 is 1.45 bits per heavy atom. The van der Waals surface area contributed by atoms with Crippen molar-refractivity contribution in [1.29, 1.82) is 0 Å². The minimum Gasteiger partial charge on any atom is -0.462 e. The third-order valence-corrected chi connectivity index (χ3v) is 5.77. The van der Waals surface area contributed by atoms with Gasteiger partial charge in [0, 0.05) is 36.9 Å². The number of carbonyl (C=O) groups excluding carboxylic acids is 1. The van der Waals surface area contributed by atoms with Gasteiger partial charge in [-0.25, -0.2) is 19.2 Å². The maximum atomic E-state index is 14.9. The lowest BCUT2D eigenvalue weighted by Gasteiger charge is -2.19. The SMILES string of the molecule is CCOC(=O)c1cn(-c2nccs2)c2nc(N3C[C@@H](C)[C@@H](N)C3)c(F)cc2c1=O. The first-order valence-electron chi connectivity index (χ1n) is 9.24. The summed E-state index contributed by atoms with van der Waals surface area (Å²) in [7, 11) is 0. The fourth-order valence-electron chi connectivity index (χ4n) is 3.44. The second-order valence-corrected chi connectivity index (χ2v) is 7.86. The molecule has 1 saturated heterocycles. The van der Waals surface area contributed by atoms with E-state index >= 15 is 0 Å². The summed E-state index contributed by atoms with van der Waals surface area (Å²) in [6.07, 6.45) is 2.95. The Bertz CT molecular complexity index is 1120. The van der Waals surface area contributed by atoms with Crippen LogP contribution < -0.4 is 16.1 Å². The summed E-state index contributed by atoms with van der Waals surface area (Å²) in [5.41, 5.74) is 5.48. The Balaban J connectivity index is 1.96. The molecule has 0 spiro atoms. The number of fused-ring (bicyclic) bond motifs is 1. The van der Waals surface area contributed by atoms with Crippen molar-refractivity contribution in [3.8, 4) is 5.13 Å². The van der Waals surface area contributed by atoms with Gasteiger partial charge in [-0.1, -0.05) is 6.92 Å². The van der Waals surface area contributed by atoms with Crippen LogP contribution in [0.1, 0.15) is 24.2 Å². The summed E-state index contributed by atoms with van der Waals surface area (Å²) in [4.78, 5) is 35.6. The fraction of sp³-hybridized carbons (Fsp3) is 0.368. The molecule has 0 aromatic carbocycles. The Kier molecular flexibility index (Phi) is 5.05. The highest BCUT2D eigenvalue weighted by molar-refractivity contribution is 7.12. The largest absolute Gasteiger partial charge is 0.462 e. The van der Waals surface area contributed by atoms with Crippen LogP contribution in [0.15, 0.2) is 28.6 Å². The van der Waals surface area contributed by atoms with E-state index < -0.39 is 17.2 Å². The summed E-state index contributed by atoms with van der Waals surface area (Å²) in [5.74, 6) is -1.08. The van der Waals surface area contributed by atoms with E-state index in [0.717, 1.165) is 6.07 Å². The number of esters is 1. The van der Waals surface area contributed by atoms with E-state index in [9.17, 15) is 14.0 Å². The number of hydrogen-bond acceptors (Lipinski definition) is 8. The lowest BCUT2D eigenvalue weighted by atomic mass is 10.1. The Morgan fingerprint density at radius 2 is 2.24 bits per heavy atom. The predicted octanol–water partition coefficient (Wildman–Crippen LogP) is 1.94. The highest BCUT2D eigenvalue weighted by Gasteiger charge is 2.30. The number of rotatable bonds is 4. The Hall–Kier alpha value is -2.85. The van der Waals surface area contributed by atoms with Gasteiger partial charge in [-0.2, -0.15) is 0 Å². The van der Waals surface area contributed by atoms with Crippen molar-refractivity contribution in [2.45, 2.75) is 19.9 Å². The molecule has 1 fully saturated rings. The number of pyridine rings is 2. The van der Waals surface area contributed by atoms with Crippen LogP contribution in [0.4, 0.5) is 10.2 Å². The van der Waals surface area contributed by atoms with E-state index in [2.05, 4.69) is 9.97 Å². The van der Waals surface area contributed by atoms with Crippen molar-refractivity contribution < 1.29 is 13.9 Å². The average Bonchev–Trinajstić information content (AvgIpc) is 3.33. The first-order valence-corrected chi connectivity index (χ1v) is 10.1. The molecule has 0 radical (unpaired) electrons. The minimum atomic E-state index is -0.770. The zero-order valence-electron chi connectivity index (χ0n) is 16.0. The lowest BCUT2D eigenvalue weighted by molar-refractivity contribution is 0.0524. The third-order valence-electron chi connectivity index (χ3n) is 5.00. The Morgan fingerprint density at radius 3 is 2.86 bits per heavy atom. The molecule has 152 valence electrons. The van der Waals surface area contributed by atoms with E-state index in [0.29, 0.717) is 18.2 Å². The first kappa shape index (κ1) is 19.5. The monoisotopic (exact) mass is 417 g/mol. The van der Waals surface area contributed by atoms with Gasteiger partial charge in [0.2, 0.25) is 5.43 Å². The fourth-order valence-corrected chi connectivity index (χ4v) is 4.05. The standard InChI is InChI=1S/C19H20FN5O3S/c1-3-28-18(27)12-8-25(19-22-4-5-29-19)16-11(15(12)26)6-13(20)17(23-16)24-7-10(2)14(21)9-24/h4-6,8,10,14H,3,7,9,21H2,1-2H3/t10-,14+/m1/s1. The number of aromatic nitrogens is 3. The van der Waals surface area contributed by atoms with Crippen molar-refractivity contribution in [2.24, 2.45) is 11.7 Å². The molecule has 1 aliphatic heterocycles. The molecule has 10 heteroatoms. The van der Waals surface area contributed by atoms with Gasteiger partial charge in [0.1, 0.15) is 5.56 Å². The summed E-state index contributed by atoms with van der Waals surface area (Å²) in [6.45, 7) is 4.80. The van der Waals surface area contributed by atoms with Crippen LogP contribution in [-0.4, -0.2) is 46.2 Å². The van der Waals surface area contributed by atoms with Crippen LogP contribution in [-0.2, 0) is 4.74 Å². The van der Waals surface area contributed by atoms with Gasteiger partial charge in [-0.15, -0.1) is 11.3 Å². The molecule has 0 bridgehead atoms. The minimum absolute atomic E-state index is 0.0106. The van der Waals surface area contributed by atoms with Crippen LogP contribution in [0, 0.1) is 11.7 Å². The summed E-state index contributed by atoms with van der Waals surface area (Å²) >= 11 is 1.30. The molecule has 2 atom stereocenters. The molecule has 0 saturated carbocycles. The second-order valence-electron chi connectivity index (χ2n) is 6.99. The Labute approximate surface area is 169 Å². The van der Waals surface area contributed by atoms with Crippen LogP contribution in [0.2, 0.25) is 0 Å². The van der Waals surface area contributed by atoms with Crippen LogP contribution >= 0.6 is 11.3 Å². The summed E-state index contributed by atoms with van der Waals surface area (Å²) in [6, 6.07) is 1.04. The molecule has 2 N–H and O–H groups in total. The number of carbonyl (C=O) groups is 1. The molecule has 1 aliphatic rings. The van der Waals surface area contributed by atoms with Crippen LogP contribution in [0.25, 0.3) is 16.2 Å². The number of thiazole rings is 1. The van der Waals surface area contributed by atoms with Gasteiger partial charge in [0.25, 0.3) is 0 Å². The molecule has 8 nitrogen and oxygen atoms in total. The molecule has 0 amide bonds. The molecule has 29 heavy (non-hydrogen) atoms. The number of halogens is 1. The summed E-state index contributed by atoms with van der Waals surface area (Å²) < 4.78 is 21.4. The van der Waals surface area contributed by atoms with Crippen LogP contribution in [0.3, 0.4) is 0 Å². The number of anilines is 1. The van der Waals surface area contributed by atoms with Gasteiger partial charge in [0.05, 0.1) is 12.0 Å². The summed E-state index contributed by atoms with van der Waals surface area (Å²) in [5, 5.41) is 2.25. The van der Waals surface area contributed by atoms with E-state index in [-0.39, 0.29) is 41.0 Å². The normalized spacial score (nSPS) is 19.1. The van der Waals surface area contributed by atoms with Gasteiger partial charge >= 0.3 is 5.97 Å². The van der Waals surface area contributed by atoms with Gasteiger partial charge in [0.15, 0.2) is 22.4 Å². The van der Waals surface area contributed by atoms with E-state index in [1.165, 1.54) is 22.1 Å². The smallest absolute Gasteiger partial charge is 0.343 e. The highest BCUT2D eigenvalue weighted by atomic mass is 32.1. The van der Waals surface area contributed by atoms with Crippen molar-refractivity contribution in [3.63, 3.8) is 0 Å². The quantitative estimate of drug-likeness (QED) is 0.647. The highest BCUT2D eigenvalue weighted by Crippen LogP contribution is 2.27. The van der Waals surface area contributed by atoms with Gasteiger partial charge < -0.3 is 15.4 Å². The molecule has 4 heterocycles. The number of ether oxygens (including phenoxy) is 1. The third kappa shape index (κ3) is 3.38. The zero-order valence-corrected chi connectivity index (χ0v) is 16.8. The molecule has 4 rings (SSSR count). The number of nitrogens with two attached hydrogens (primary N) is 1. The topological polar surface area (TPSA) is 103 Å².